The van der Waals surface area contributed by atoms with Crippen molar-refractivity contribution in [3.05, 3.63) is 63.6 Å². The minimum Gasteiger partial charge on any atom is -0.503 e. The summed E-state index contributed by atoms with van der Waals surface area (Å²) >= 11 is 0. The first-order valence-corrected chi connectivity index (χ1v) is 8.80. The molecule has 0 radical (unpaired) electrons. The lowest BCUT2D eigenvalue weighted by Crippen LogP contribution is -2.48. The van der Waals surface area contributed by atoms with E-state index in [-0.39, 0.29) is 18.2 Å². The van der Waals surface area contributed by atoms with Gasteiger partial charge < -0.3 is 19.3 Å². The number of aromatic hydroxyl groups is 1. The molecule has 1 fully saturated rings. The third kappa shape index (κ3) is 4.14. The molecule has 28 heavy (non-hydrogen) atoms. The molecular weight excluding hydrogens is 372 g/mol. The van der Waals surface area contributed by atoms with E-state index in [2.05, 4.69) is 4.74 Å². The highest BCUT2D eigenvalue weighted by Gasteiger charge is 2.22. The lowest BCUT2D eigenvalue weighted by atomic mass is 10.1. The van der Waals surface area contributed by atoms with Gasteiger partial charge in [-0.15, -0.1) is 0 Å². The standard InChI is InChI=1S/C19H21F2N3O4/c1-28-19(27)23-9-7-22(8-10-23)11-13-5-6-24(18(26)17(13)25)12-14-15(20)3-2-4-16(14)21/h2-6,25H,7-12H2,1H3. The van der Waals surface area contributed by atoms with Crippen LogP contribution in [0.2, 0.25) is 0 Å². The van der Waals surface area contributed by atoms with E-state index in [1.807, 2.05) is 4.90 Å². The Morgan fingerprint density at radius 2 is 1.75 bits per heavy atom. The maximum absolute atomic E-state index is 13.8. The van der Waals surface area contributed by atoms with Gasteiger partial charge in [0.25, 0.3) is 5.56 Å². The number of ether oxygens (including phenoxy) is 1. The van der Waals surface area contributed by atoms with Crippen molar-refractivity contribution in [2.45, 2.75) is 13.1 Å². The summed E-state index contributed by atoms with van der Waals surface area (Å²) in [4.78, 5) is 27.5. The number of hydrogen-bond acceptors (Lipinski definition) is 5. The zero-order valence-electron chi connectivity index (χ0n) is 15.4. The van der Waals surface area contributed by atoms with Gasteiger partial charge in [0.15, 0.2) is 5.75 Å². The zero-order valence-corrected chi connectivity index (χ0v) is 15.4. The van der Waals surface area contributed by atoms with Gasteiger partial charge in [-0.1, -0.05) is 6.07 Å². The second-order valence-electron chi connectivity index (χ2n) is 6.56. The highest BCUT2D eigenvalue weighted by Crippen LogP contribution is 2.17. The lowest BCUT2D eigenvalue weighted by molar-refractivity contribution is 0.0885. The summed E-state index contributed by atoms with van der Waals surface area (Å²) in [6.07, 6.45) is 1.03. The van der Waals surface area contributed by atoms with Gasteiger partial charge in [0.05, 0.1) is 13.7 Å². The molecule has 0 saturated carbocycles. The number of pyridine rings is 1. The van der Waals surface area contributed by atoms with E-state index in [1.54, 1.807) is 11.0 Å². The van der Waals surface area contributed by atoms with Crippen molar-refractivity contribution in [2.75, 3.05) is 33.3 Å². The van der Waals surface area contributed by atoms with E-state index >= 15 is 0 Å². The molecule has 3 rings (SSSR count). The van der Waals surface area contributed by atoms with Crippen LogP contribution in [-0.4, -0.2) is 58.9 Å². The van der Waals surface area contributed by atoms with Crippen molar-refractivity contribution in [2.24, 2.45) is 0 Å². The third-order valence-electron chi connectivity index (χ3n) is 4.81. The first-order valence-electron chi connectivity index (χ1n) is 8.80. The Bertz CT molecular complexity index is 904. The van der Waals surface area contributed by atoms with Crippen molar-refractivity contribution >= 4 is 6.09 Å². The number of benzene rings is 1. The van der Waals surface area contributed by atoms with Gasteiger partial charge >= 0.3 is 6.09 Å². The number of halogens is 2. The number of hydrogen-bond donors (Lipinski definition) is 1. The highest BCUT2D eigenvalue weighted by atomic mass is 19.1. The quantitative estimate of drug-likeness (QED) is 0.857. The minimum atomic E-state index is -0.751. The Balaban J connectivity index is 1.71. The maximum Gasteiger partial charge on any atom is 0.409 e. The van der Waals surface area contributed by atoms with Crippen LogP contribution < -0.4 is 5.56 Å². The van der Waals surface area contributed by atoms with E-state index in [9.17, 15) is 23.5 Å². The molecule has 1 amide bonds. The molecule has 1 aliphatic rings. The highest BCUT2D eigenvalue weighted by molar-refractivity contribution is 5.67. The molecule has 0 unspecified atom stereocenters. The fourth-order valence-corrected chi connectivity index (χ4v) is 3.16. The molecule has 7 nitrogen and oxygen atoms in total. The molecule has 1 aromatic heterocycles. The lowest BCUT2D eigenvalue weighted by Gasteiger charge is -2.33. The number of carbonyl (C=O) groups excluding carboxylic acids is 1. The normalized spacial score (nSPS) is 14.9. The Morgan fingerprint density at radius 3 is 2.36 bits per heavy atom. The van der Waals surface area contributed by atoms with Gasteiger partial charge in [-0.3, -0.25) is 9.69 Å². The van der Waals surface area contributed by atoms with Crippen LogP contribution in [-0.2, 0) is 17.8 Å². The second kappa shape index (κ2) is 8.39. The van der Waals surface area contributed by atoms with Gasteiger partial charge in [-0.2, -0.15) is 0 Å². The van der Waals surface area contributed by atoms with Crippen LogP contribution in [0.25, 0.3) is 0 Å². The minimum absolute atomic E-state index is 0.240. The SMILES string of the molecule is COC(=O)N1CCN(Cc2ccn(Cc3c(F)cccc3F)c(=O)c2O)CC1. The molecule has 0 aliphatic carbocycles. The van der Waals surface area contributed by atoms with Crippen molar-refractivity contribution in [1.82, 2.24) is 14.4 Å². The Hall–Kier alpha value is -2.94. The average Bonchev–Trinajstić information content (AvgIpc) is 2.70. The predicted octanol–water partition coefficient (Wildman–Crippen LogP) is 1.76. The van der Waals surface area contributed by atoms with Gasteiger partial charge in [0, 0.05) is 50.0 Å². The first kappa shape index (κ1) is 19.8. The van der Waals surface area contributed by atoms with Crippen molar-refractivity contribution in [1.29, 1.82) is 0 Å². The Morgan fingerprint density at radius 1 is 1.11 bits per heavy atom. The van der Waals surface area contributed by atoms with Crippen LogP contribution >= 0.6 is 0 Å². The van der Waals surface area contributed by atoms with E-state index in [1.165, 1.54) is 19.4 Å². The Kier molecular flexibility index (Phi) is 5.93. The van der Waals surface area contributed by atoms with E-state index in [4.69, 9.17) is 0 Å². The topological polar surface area (TPSA) is 75.0 Å². The molecule has 1 N–H and O–H groups in total. The largest absolute Gasteiger partial charge is 0.503 e. The van der Waals surface area contributed by atoms with Crippen molar-refractivity contribution in [3.8, 4) is 5.75 Å². The summed E-state index contributed by atoms with van der Waals surface area (Å²) < 4.78 is 33.4. The van der Waals surface area contributed by atoms with Crippen LogP contribution in [0.1, 0.15) is 11.1 Å². The van der Waals surface area contributed by atoms with Gasteiger partial charge in [0.2, 0.25) is 0 Å². The fraction of sp³-hybridized carbons (Fsp3) is 0.368. The van der Waals surface area contributed by atoms with Crippen molar-refractivity contribution in [3.63, 3.8) is 0 Å². The van der Waals surface area contributed by atoms with Crippen LogP contribution in [0.15, 0.2) is 35.3 Å². The molecule has 150 valence electrons. The molecular formula is C19H21F2N3O4. The number of piperazine rings is 1. The summed E-state index contributed by atoms with van der Waals surface area (Å²) in [6, 6.07) is 5.04. The summed E-state index contributed by atoms with van der Waals surface area (Å²) in [5, 5.41) is 10.3. The molecule has 1 aromatic carbocycles. The number of rotatable bonds is 4. The van der Waals surface area contributed by atoms with E-state index < -0.39 is 22.9 Å². The number of carbonyl (C=O) groups is 1. The molecule has 0 spiro atoms. The third-order valence-corrected chi connectivity index (χ3v) is 4.81. The monoisotopic (exact) mass is 393 g/mol. The smallest absolute Gasteiger partial charge is 0.409 e. The number of nitrogens with zero attached hydrogens (tertiary/aromatic N) is 3. The molecule has 0 atom stereocenters. The number of aromatic nitrogens is 1. The van der Waals surface area contributed by atoms with Crippen LogP contribution in [0.5, 0.6) is 5.75 Å². The van der Waals surface area contributed by atoms with E-state index in [0.29, 0.717) is 38.3 Å². The second-order valence-corrected chi connectivity index (χ2v) is 6.56. The molecule has 1 saturated heterocycles. The molecule has 1 aliphatic heterocycles. The predicted molar refractivity (Wildman–Crippen MR) is 97.1 cm³/mol. The molecule has 2 aromatic rings. The molecule has 2 heterocycles. The van der Waals surface area contributed by atoms with Gasteiger partial charge in [-0.25, -0.2) is 13.6 Å². The van der Waals surface area contributed by atoms with Crippen LogP contribution in [0.4, 0.5) is 13.6 Å². The number of methoxy groups -OCH3 is 1. The molecule has 0 bridgehead atoms. The first-order chi connectivity index (χ1) is 13.4. The number of amides is 1. The van der Waals surface area contributed by atoms with E-state index in [0.717, 1.165) is 16.7 Å². The maximum atomic E-state index is 13.8. The Labute approximate surface area is 160 Å². The van der Waals surface area contributed by atoms with Gasteiger partial charge in [0.1, 0.15) is 11.6 Å². The zero-order chi connectivity index (χ0) is 20.3. The summed E-state index contributed by atoms with van der Waals surface area (Å²) in [5.41, 5.74) is -0.536. The van der Waals surface area contributed by atoms with Gasteiger partial charge in [-0.05, 0) is 18.2 Å². The fourth-order valence-electron chi connectivity index (χ4n) is 3.16. The average molecular weight is 393 g/mol. The van der Waals surface area contributed by atoms with Crippen LogP contribution in [0.3, 0.4) is 0 Å². The van der Waals surface area contributed by atoms with Crippen molar-refractivity contribution < 1.29 is 23.4 Å². The van der Waals surface area contributed by atoms with Crippen LogP contribution in [0, 0.1) is 11.6 Å². The summed E-state index contributed by atoms with van der Waals surface area (Å²) in [5.74, 6) is -1.95. The molecule has 9 heteroatoms. The summed E-state index contributed by atoms with van der Waals surface area (Å²) in [6.45, 7) is 2.11. The summed E-state index contributed by atoms with van der Waals surface area (Å²) in [7, 11) is 1.33.